The van der Waals surface area contributed by atoms with Crippen LogP contribution in [0.15, 0.2) is 10.5 Å². The number of furan rings is 1. The van der Waals surface area contributed by atoms with E-state index in [4.69, 9.17) is 9.15 Å². The van der Waals surface area contributed by atoms with Crippen molar-refractivity contribution < 1.29 is 9.15 Å². The van der Waals surface area contributed by atoms with Gasteiger partial charge in [-0.15, -0.1) is 0 Å². The summed E-state index contributed by atoms with van der Waals surface area (Å²) in [7, 11) is 1.65. The molecule has 4 fully saturated rings. The Morgan fingerprint density at radius 3 is 2.35 bits per heavy atom. The predicted molar refractivity (Wildman–Crippen MR) is 74.0 cm³/mol. The molecule has 0 radical (unpaired) electrons. The van der Waals surface area contributed by atoms with Gasteiger partial charge in [-0.3, -0.25) is 0 Å². The first-order chi connectivity index (χ1) is 9.72. The number of rotatable bonds is 3. The highest BCUT2D eigenvalue weighted by atomic mass is 16.5. The SMILES string of the molecule is COCc1oc(C23CC4CC(CC(C4)C2)C3)cc1C#N. The van der Waals surface area contributed by atoms with Gasteiger partial charge in [0.25, 0.3) is 0 Å². The lowest BCUT2D eigenvalue weighted by molar-refractivity contribution is -0.0162. The minimum absolute atomic E-state index is 0.229. The average molecular weight is 271 g/mol. The van der Waals surface area contributed by atoms with Crippen LogP contribution in [0.4, 0.5) is 0 Å². The number of methoxy groups -OCH3 is 1. The van der Waals surface area contributed by atoms with Gasteiger partial charge in [-0.25, -0.2) is 0 Å². The largest absolute Gasteiger partial charge is 0.462 e. The smallest absolute Gasteiger partial charge is 0.147 e. The van der Waals surface area contributed by atoms with Crippen LogP contribution in [0, 0.1) is 29.1 Å². The molecule has 1 aromatic rings. The van der Waals surface area contributed by atoms with E-state index in [0.717, 1.165) is 23.5 Å². The Morgan fingerprint density at radius 2 is 1.85 bits per heavy atom. The van der Waals surface area contributed by atoms with Crippen molar-refractivity contribution >= 4 is 0 Å². The third-order valence-electron chi connectivity index (χ3n) is 5.77. The van der Waals surface area contributed by atoms with E-state index in [1.165, 1.54) is 38.5 Å². The molecule has 5 rings (SSSR count). The molecular weight excluding hydrogens is 250 g/mol. The molecule has 0 aliphatic heterocycles. The molecule has 0 unspecified atom stereocenters. The molecule has 4 aliphatic rings. The van der Waals surface area contributed by atoms with Gasteiger partial charge in [0.2, 0.25) is 0 Å². The normalized spacial score (nSPS) is 38.1. The third-order valence-corrected chi connectivity index (χ3v) is 5.77. The molecule has 0 N–H and O–H groups in total. The van der Waals surface area contributed by atoms with Gasteiger partial charge in [0.1, 0.15) is 24.2 Å². The van der Waals surface area contributed by atoms with E-state index in [-0.39, 0.29) is 5.41 Å². The number of nitriles is 1. The van der Waals surface area contributed by atoms with Gasteiger partial charge in [0.05, 0.1) is 5.56 Å². The Kier molecular flexibility index (Phi) is 2.72. The van der Waals surface area contributed by atoms with Crippen LogP contribution in [0.5, 0.6) is 0 Å². The Balaban J connectivity index is 1.72. The van der Waals surface area contributed by atoms with Gasteiger partial charge in [0, 0.05) is 12.5 Å². The summed E-state index contributed by atoms with van der Waals surface area (Å²) in [4.78, 5) is 0. The first-order valence-corrected chi connectivity index (χ1v) is 7.74. The molecule has 0 atom stereocenters. The summed E-state index contributed by atoms with van der Waals surface area (Å²) in [6.45, 7) is 0.398. The number of nitrogens with zero attached hydrogens (tertiary/aromatic N) is 1. The molecule has 0 saturated heterocycles. The van der Waals surface area contributed by atoms with E-state index in [1.807, 2.05) is 6.07 Å². The highest BCUT2D eigenvalue weighted by molar-refractivity contribution is 5.37. The van der Waals surface area contributed by atoms with Crippen LogP contribution in [0.3, 0.4) is 0 Å². The van der Waals surface area contributed by atoms with Gasteiger partial charge >= 0.3 is 0 Å². The average Bonchev–Trinajstić information content (AvgIpc) is 2.81. The second-order valence-electron chi connectivity index (χ2n) is 7.19. The third kappa shape index (κ3) is 1.74. The zero-order chi connectivity index (χ0) is 13.7. The predicted octanol–water partition coefficient (Wildman–Crippen LogP) is 3.77. The van der Waals surface area contributed by atoms with E-state index < -0.39 is 0 Å². The lowest BCUT2D eigenvalue weighted by Gasteiger charge is -2.55. The fraction of sp³-hybridized carbons (Fsp3) is 0.706. The summed E-state index contributed by atoms with van der Waals surface area (Å²) in [6.07, 6.45) is 8.08. The zero-order valence-electron chi connectivity index (χ0n) is 12.0. The molecule has 1 aromatic heterocycles. The van der Waals surface area contributed by atoms with Gasteiger partial charge < -0.3 is 9.15 Å². The van der Waals surface area contributed by atoms with Crippen molar-refractivity contribution in [2.45, 2.75) is 50.5 Å². The molecule has 4 bridgehead atoms. The number of hydrogen-bond donors (Lipinski definition) is 0. The van der Waals surface area contributed by atoms with Crippen LogP contribution >= 0.6 is 0 Å². The topological polar surface area (TPSA) is 46.2 Å². The van der Waals surface area contributed by atoms with E-state index in [2.05, 4.69) is 6.07 Å². The maximum Gasteiger partial charge on any atom is 0.147 e. The van der Waals surface area contributed by atoms with Crippen molar-refractivity contribution in [2.75, 3.05) is 7.11 Å². The quantitative estimate of drug-likeness (QED) is 0.840. The molecule has 106 valence electrons. The molecule has 4 aliphatic carbocycles. The molecule has 0 amide bonds. The molecule has 0 spiro atoms. The molecule has 3 nitrogen and oxygen atoms in total. The summed E-state index contributed by atoms with van der Waals surface area (Å²) in [5.41, 5.74) is 0.893. The van der Waals surface area contributed by atoms with Gasteiger partial charge in [-0.1, -0.05) is 0 Å². The van der Waals surface area contributed by atoms with Crippen LogP contribution in [0.1, 0.15) is 55.6 Å². The van der Waals surface area contributed by atoms with Crippen molar-refractivity contribution in [3.05, 3.63) is 23.2 Å². The standard InChI is InChI=1S/C17H21NO2/c1-19-10-15-14(9-18)5-16(20-15)17-6-11-2-12(7-17)4-13(3-11)8-17/h5,11-13H,2-4,6-8,10H2,1H3. The Hall–Kier alpha value is -1.27. The van der Waals surface area contributed by atoms with E-state index in [0.29, 0.717) is 17.9 Å². The summed E-state index contributed by atoms with van der Waals surface area (Å²) >= 11 is 0. The van der Waals surface area contributed by atoms with Crippen LogP contribution in [-0.2, 0) is 16.8 Å². The highest BCUT2D eigenvalue weighted by Gasteiger charge is 2.53. The van der Waals surface area contributed by atoms with Crippen LogP contribution in [0.2, 0.25) is 0 Å². The molecular formula is C17H21NO2. The summed E-state index contributed by atoms with van der Waals surface area (Å²) in [6, 6.07) is 4.26. The van der Waals surface area contributed by atoms with E-state index in [1.54, 1.807) is 7.11 Å². The van der Waals surface area contributed by atoms with Crippen molar-refractivity contribution in [1.29, 1.82) is 5.26 Å². The molecule has 1 heterocycles. The Labute approximate surface area is 119 Å². The highest BCUT2D eigenvalue weighted by Crippen LogP contribution is 2.61. The number of ether oxygens (including phenoxy) is 1. The fourth-order valence-corrected chi connectivity index (χ4v) is 5.44. The molecule has 3 heteroatoms. The van der Waals surface area contributed by atoms with Crippen molar-refractivity contribution in [1.82, 2.24) is 0 Å². The fourth-order valence-electron chi connectivity index (χ4n) is 5.44. The Bertz CT molecular complexity index is 531. The van der Waals surface area contributed by atoms with Gasteiger partial charge in [0.15, 0.2) is 0 Å². The van der Waals surface area contributed by atoms with E-state index in [9.17, 15) is 5.26 Å². The van der Waals surface area contributed by atoms with Crippen molar-refractivity contribution in [3.63, 3.8) is 0 Å². The zero-order valence-corrected chi connectivity index (χ0v) is 12.0. The van der Waals surface area contributed by atoms with Crippen molar-refractivity contribution in [2.24, 2.45) is 17.8 Å². The minimum atomic E-state index is 0.229. The Morgan fingerprint density at radius 1 is 1.25 bits per heavy atom. The number of hydrogen-bond acceptors (Lipinski definition) is 3. The minimum Gasteiger partial charge on any atom is -0.462 e. The molecule has 20 heavy (non-hydrogen) atoms. The monoisotopic (exact) mass is 271 g/mol. The maximum absolute atomic E-state index is 9.27. The first-order valence-electron chi connectivity index (χ1n) is 7.74. The first kappa shape index (κ1) is 12.5. The lowest BCUT2D eigenvalue weighted by atomic mass is 9.49. The summed E-state index contributed by atoms with van der Waals surface area (Å²) in [5.74, 6) is 4.45. The maximum atomic E-state index is 9.27. The van der Waals surface area contributed by atoms with E-state index >= 15 is 0 Å². The second kappa shape index (κ2) is 4.36. The van der Waals surface area contributed by atoms with Crippen molar-refractivity contribution in [3.8, 4) is 6.07 Å². The second-order valence-corrected chi connectivity index (χ2v) is 7.19. The molecule has 4 saturated carbocycles. The van der Waals surface area contributed by atoms with Gasteiger partial charge in [-0.05, 0) is 62.3 Å². The summed E-state index contributed by atoms with van der Waals surface area (Å²) in [5, 5.41) is 9.27. The van der Waals surface area contributed by atoms with Crippen LogP contribution in [-0.4, -0.2) is 7.11 Å². The molecule has 0 aromatic carbocycles. The van der Waals surface area contributed by atoms with Crippen LogP contribution in [0.25, 0.3) is 0 Å². The van der Waals surface area contributed by atoms with Gasteiger partial charge in [-0.2, -0.15) is 5.26 Å². The lowest BCUT2D eigenvalue weighted by Crippen LogP contribution is -2.48. The van der Waals surface area contributed by atoms with Crippen LogP contribution < -0.4 is 0 Å². The summed E-state index contributed by atoms with van der Waals surface area (Å²) < 4.78 is 11.2.